The van der Waals surface area contributed by atoms with E-state index in [9.17, 15) is 0 Å². The van der Waals surface area contributed by atoms with Gasteiger partial charge in [-0.05, 0) is 39.7 Å². The number of rotatable bonds is 3. The summed E-state index contributed by atoms with van der Waals surface area (Å²) in [4.78, 5) is 8.74. The summed E-state index contributed by atoms with van der Waals surface area (Å²) in [5.74, 6) is 0. The Morgan fingerprint density at radius 3 is 2.06 bits per heavy atom. The molecule has 0 amide bonds. The number of fused-ring (bicyclic) bond motifs is 3. The van der Waals surface area contributed by atoms with Gasteiger partial charge in [-0.2, -0.15) is 11.3 Å². The van der Waals surface area contributed by atoms with Crippen molar-refractivity contribution < 1.29 is 20.1 Å². The molecule has 3 heterocycles. The first-order chi connectivity index (χ1) is 17.0. The number of nitrogens with zero attached hydrogens (tertiary/aromatic N) is 2. The molecule has 0 fully saturated rings. The Hall–Kier alpha value is -2.95. The van der Waals surface area contributed by atoms with E-state index in [0.717, 1.165) is 22.5 Å². The van der Waals surface area contributed by atoms with Crippen molar-refractivity contribution in [3.8, 4) is 22.5 Å². The summed E-state index contributed by atoms with van der Waals surface area (Å²) >= 11 is 1.86. The SMILES string of the molecule is C[Si](C)(C)c1cccc2sc3c(-c4ccccn4)[c-]ccc3c12.[Ir].[c-]1ccccc1-c1ccccn1. The van der Waals surface area contributed by atoms with E-state index in [0.29, 0.717) is 0 Å². The van der Waals surface area contributed by atoms with Crippen LogP contribution in [-0.4, -0.2) is 18.0 Å². The fraction of sp³-hybridized carbons (Fsp3) is 0.0968. The summed E-state index contributed by atoms with van der Waals surface area (Å²) in [5.41, 5.74) is 4.13. The fourth-order valence-corrected chi connectivity index (χ4v) is 7.13. The molecule has 0 saturated carbocycles. The Balaban J connectivity index is 0.000000198. The van der Waals surface area contributed by atoms with Crippen molar-refractivity contribution in [1.29, 1.82) is 0 Å². The molecule has 0 unspecified atom stereocenters. The van der Waals surface area contributed by atoms with Gasteiger partial charge in [-0.15, -0.1) is 59.7 Å². The molecule has 36 heavy (non-hydrogen) atoms. The molecule has 2 nitrogen and oxygen atoms in total. The molecule has 0 aliphatic heterocycles. The molecule has 0 atom stereocenters. The van der Waals surface area contributed by atoms with Crippen molar-refractivity contribution in [2.45, 2.75) is 19.6 Å². The van der Waals surface area contributed by atoms with Crippen LogP contribution in [0.4, 0.5) is 0 Å². The monoisotopic (exact) mass is 679 g/mol. The van der Waals surface area contributed by atoms with E-state index in [2.05, 4.69) is 72.1 Å². The minimum Gasteiger partial charge on any atom is -0.305 e. The summed E-state index contributed by atoms with van der Waals surface area (Å²) in [5, 5.41) is 4.33. The number of hydrogen-bond acceptors (Lipinski definition) is 3. The summed E-state index contributed by atoms with van der Waals surface area (Å²) in [6, 6.07) is 37.3. The Labute approximate surface area is 231 Å². The Bertz CT molecular complexity index is 1520. The van der Waals surface area contributed by atoms with Crippen LogP contribution in [0, 0.1) is 12.1 Å². The molecule has 3 aromatic heterocycles. The number of pyridine rings is 2. The Kier molecular flexibility index (Phi) is 8.27. The van der Waals surface area contributed by atoms with Crippen molar-refractivity contribution in [2.75, 3.05) is 0 Å². The van der Waals surface area contributed by atoms with E-state index in [4.69, 9.17) is 0 Å². The van der Waals surface area contributed by atoms with Crippen LogP contribution < -0.4 is 5.19 Å². The van der Waals surface area contributed by atoms with Gasteiger partial charge < -0.3 is 9.97 Å². The van der Waals surface area contributed by atoms with Crippen LogP contribution in [0.2, 0.25) is 19.6 Å². The van der Waals surface area contributed by atoms with E-state index in [1.807, 2.05) is 78.2 Å². The van der Waals surface area contributed by atoms with Gasteiger partial charge in [0.15, 0.2) is 0 Å². The number of thiophene rings is 1. The van der Waals surface area contributed by atoms with Crippen LogP contribution in [0.5, 0.6) is 0 Å². The second kappa shape index (κ2) is 11.4. The van der Waals surface area contributed by atoms with Gasteiger partial charge in [0.05, 0.1) is 8.07 Å². The van der Waals surface area contributed by atoms with Crippen molar-refractivity contribution in [2.24, 2.45) is 0 Å². The maximum Gasteiger partial charge on any atom is 0.0783 e. The average molecular weight is 679 g/mol. The van der Waals surface area contributed by atoms with Crippen LogP contribution in [0.1, 0.15) is 0 Å². The Morgan fingerprint density at radius 1 is 0.694 bits per heavy atom. The summed E-state index contributed by atoms with van der Waals surface area (Å²) in [6.07, 6.45) is 3.64. The normalized spacial score (nSPS) is 11.0. The summed E-state index contributed by atoms with van der Waals surface area (Å²) in [6.45, 7) is 7.25. The first kappa shape index (κ1) is 26.1. The van der Waals surface area contributed by atoms with E-state index in [1.165, 1.54) is 20.2 Å². The van der Waals surface area contributed by atoms with Crippen LogP contribution in [-0.2, 0) is 20.1 Å². The molecule has 0 spiro atoms. The zero-order chi connectivity index (χ0) is 24.3. The molecule has 3 aromatic carbocycles. The number of hydrogen-bond donors (Lipinski definition) is 0. The molecule has 181 valence electrons. The summed E-state index contributed by atoms with van der Waals surface area (Å²) < 4.78 is 2.67. The molecule has 0 bridgehead atoms. The van der Waals surface area contributed by atoms with Gasteiger partial charge in [0, 0.05) is 37.2 Å². The van der Waals surface area contributed by atoms with Crippen molar-refractivity contribution in [3.05, 3.63) is 116 Å². The van der Waals surface area contributed by atoms with Gasteiger partial charge in [-0.25, -0.2) is 0 Å². The third-order valence-electron chi connectivity index (χ3n) is 5.84. The van der Waals surface area contributed by atoms with Crippen molar-refractivity contribution >= 4 is 44.8 Å². The molecular formula is C31H26IrN2SSi-2. The van der Waals surface area contributed by atoms with Crippen molar-refractivity contribution in [1.82, 2.24) is 9.97 Å². The second-order valence-electron chi connectivity index (χ2n) is 9.33. The molecule has 5 heteroatoms. The maximum atomic E-state index is 4.52. The standard InChI is InChI=1S/C20H18NSSi.C11H8N.Ir/c1-23(2,3)18-12-7-11-17-19(18)15-9-6-8-14(20(15)22-17)16-10-4-5-13-21-16;1-2-6-10(7-3-1)11-8-4-5-9-12-11;/h4-7,9-13H,1-3H3;1-6,8-9H;/q2*-1;. The molecule has 0 aliphatic rings. The third kappa shape index (κ3) is 5.55. The molecular weight excluding hydrogens is 653 g/mol. The molecule has 6 rings (SSSR count). The zero-order valence-corrected chi connectivity index (χ0v) is 24.7. The minimum atomic E-state index is -1.39. The van der Waals surface area contributed by atoms with Gasteiger partial charge in [0.2, 0.25) is 0 Å². The van der Waals surface area contributed by atoms with Crippen LogP contribution in [0.3, 0.4) is 0 Å². The Morgan fingerprint density at radius 2 is 1.42 bits per heavy atom. The predicted molar refractivity (Wildman–Crippen MR) is 153 cm³/mol. The zero-order valence-electron chi connectivity index (χ0n) is 20.5. The van der Waals surface area contributed by atoms with E-state index < -0.39 is 8.07 Å². The quantitative estimate of drug-likeness (QED) is 0.140. The van der Waals surface area contributed by atoms with E-state index in [1.54, 1.807) is 11.4 Å². The molecule has 1 radical (unpaired) electrons. The average Bonchev–Trinajstić information content (AvgIpc) is 3.29. The molecule has 0 N–H and O–H groups in total. The fourth-order valence-electron chi connectivity index (χ4n) is 4.19. The largest absolute Gasteiger partial charge is 0.305 e. The van der Waals surface area contributed by atoms with E-state index >= 15 is 0 Å². The first-order valence-electron chi connectivity index (χ1n) is 11.7. The van der Waals surface area contributed by atoms with Gasteiger partial charge >= 0.3 is 0 Å². The first-order valence-corrected chi connectivity index (χ1v) is 16.0. The predicted octanol–water partition coefficient (Wildman–Crippen LogP) is 8.01. The third-order valence-corrected chi connectivity index (χ3v) is 9.06. The smallest absolute Gasteiger partial charge is 0.0783 e. The summed E-state index contributed by atoms with van der Waals surface area (Å²) in [7, 11) is -1.39. The van der Waals surface area contributed by atoms with Gasteiger partial charge in [0.25, 0.3) is 0 Å². The number of aromatic nitrogens is 2. The molecule has 0 aliphatic carbocycles. The van der Waals surface area contributed by atoms with Crippen LogP contribution >= 0.6 is 11.3 Å². The van der Waals surface area contributed by atoms with Crippen LogP contribution in [0.25, 0.3) is 42.7 Å². The topological polar surface area (TPSA) is 25.8 Å². The maximum absolute atomic E-state index is 4.52. The van der Waals surface area contributed by atoms with Gasteiger partial charge in [-0.1, -0.05) is 66.6 Å². The second-order valence-corrected chi connectivity index (χ2v) is 15.4. The minimum absolute atomic E-state index is 0. The van der Waals surface area contributed by atoms with E-state index in [-0.39, 0.29) is 20.1 Å². The van der Waals surface area contributed by atoms with Gasteiger partial charge in [0.1, 0.15) is 0 Å². The molecule has 6 aromatic rings. The van der Waals surface area contributed by atoms with Crippen LogP contribution in [0.15, 0.2) is 103 Å². The van der Waals surface area contributed by atoms with Crippen molar-refractivity contribution in [3.63, 3.8) is 0 Å². The number of benzene rings is 3. The molecule has 0 saturated heterocycles. The van der Waals surface area contributed by atoms with Gasteiger partial charge in [-0.3, -0.25) is 0 Å².